The van der Waals surface area contributed by atoms with E-state index in [0.29, 0.717) is 0 Å². The summed E-state index contributed by atoms with van der Waals surface area (Å²) < 4.78 is 31.8. The molecule has 0 fully saturated rings. The average Bonchev–Trinajstić information content (AvgIpc) is 2.43. The largest absolute Gasteiger partial charge is 0.490 e. The van der Waals surface area contributed by atoms with E-state index in [0.717, 1.165) is 6.07 Å². The molecule has 1 aromatic carbocycles. The van der Waals surface area contributed by atoms with Gasteiger partial charge in [0.25, 0.3) is 0 Å². The van der Waals surface area contributed by atoms with E-state index < -0.39 is 26.7 Å². The fourth-order valence-corrected chi connectivity index (χ4v) is 3.12. The van der Waals surface area contributed by atoms with Gasteiger partial charge in [-0.25, -0.2) is 13.1 Å². The van der Waals surface area contributed by atoms with Crippen LogP contribution in [0.3, 0.4) is 0 Å². The number of nitro benzene ring substituents is 1. The molecule has 0 aliphatic rings. The van der Waals surface area contributed by atoms with E-state index in [1.54, 1.807) is 0 Å². The first-order chi connectivity index (χ1) is 9.72. The van der Waals surface area contributed by atoms with Crippen molar-refractivity contribution >= 4 is 15.7 Å². The molecule has 9 heteroatoms. The van der Waals surface area contributed by atoms with Gasteiger partial charge in [-0.3, -0.25) is 10.1 Å². The Morgan fingerprint density at radius 1 is 1.43 bits per heavy atom. The van der Waals surface area contributed by atoms with Crippen molar-refractivity contribution in [2.45, 2.75) is 24.8 Å². The molecule has 1 atom stereocenters. The number of nitro groups is 1. The predicted octanol–water partition coefficient (Wildman–Crippen LogP) is 0.865. The monoisotopic (exact) mass is 317 g/mol. The van der Waals surface area contributed by atoms with Crippen molar-refractivity contribution in [2.75, 3.05) is 13.7 Å². The molecule has 0 bridgehead atoms. The lowest BCUT2D eigenvalue weighted by Gasteiger charge is -2.20. The van der Waals surface area contributed by atoms with E-state index in [9.17, 15) is 18.5 Å². The number of hydrogen-bond donors (Lipinski definition) is 2. The van der Waals surface area contributed by atoms with Gasteiger partial charge in [-0.15, -0.1) is 0 Å². The van der Waals surface area contributed by atoms with E-state index in [1.165, 1.54) is 19.2 Å². The number of nitrogens with two attached hydrogens (primary N) is 1. The SMILES string of the molecule is COc1ccc(S(=O)(=O)NC(CN)C(C)C)cc1[N+](=O)[O-]. The van der Waals surface area contributed by atoms with Crippen molar-refractivity contribution in [3.8, 4) is 5.75 Å². The zero-order valence-corrected chi connectivity index (χ0v) is 12.9. The van der Waals surface area contributed by atoms with E-state index in [2.05, 4.69) is 4.72 Å². The molecule has 0 heterocycles. The number of ether oxygens (including phenoxy) is 1. The fourth-order valence-electron chi connectivity index (χ4n) is 1.70. The molecule has 8 nitrogen and oxygen atoms in total. The molecule has 0 radical (unpaired) electrons. The number of methoxy groups -OCH3 is 1. The highest BCUT2D eigenvalue weighted by Gasteiger charge is 2.25. The molecule has 0 saturated carbocycles. The molecule has 0 spiro atoms. The standard InChI is InChI=1S/C12H19N3O5S/c1-8(2)10(7-13)14-21(18,19)9-4-5-12(20-3)11(6-9)15(16)17/h4-6,8,10,14H,7,13H2,1-3H3. The molecule has 1 aromatic rings. The second-order valence-corrected chi connectivity index (χ2v) is 6.51. The van der Waals surface area contributed by atoms with Gasteiger partial charge < -0.3 is 10.5 Å². The summed E-state index contributed by atoms with van der Waals surface area (Å²) in [6.45, 7) is 3.79. The number of hydrogen-bond acceptors (Lipinski definition) is 6. The van der Waals surface area contributed by atoms with Crippen molar-refractivity contribution in [3.05, 3.63) is 28.3 Å². The van der Waals surface area contributed by atoms with Gasteiger partial charge in [0.2, 0.25) is 10.0 Å². The summed E-state index contributed by atoms with van der Waals surface area (Å²) >= 11 is 0. The Morgan fingerprint density at radius 2 is 2.05 bits per heavy atom. The van der Waals surface area contributed by atoms with Crippen LogP contribution in [-0.2, 0) is 10.0 Å². The highest BCUT2D eigenvalue weighted by molar-refractivity contribution is 7.89. The normalized spacial score (nSPS) is 13.2. The molecule has 0 amide bonds. The number of nitrogens with zero attached hydrogens (tertiary/aromatic N) is 1. The van der Waals surface area contributed by atoms with Crippen molar-refractivity contribution in [1.82, 2.24) is 4.72 Å². The van der Waals surface area contributed by atoms with E-state index in [-0.39, 0.29) is 23.1 Å². The molecular weight excluding hydrogens is 298 g/mol. The van der Waals surface area contributed by atoms with Crippen LogP contribution in [0.5, 0.6) is 5.75 Å². The van der Waals surface area contributed by atoms with Gasteiger partial charge in [-0.2, -0.15) is 0 Å². The van der Waals surface area contributed by atoms with Gasteiger partial charge >= 0.3 is 5.69 Å². The molecule has 0 aliphatic carbocycles. The number of rotatable bonds is 7. The minimum atomic E-state index is -3.89. The number of nitrogens with one attached hydrogen (secondary N) is 1. The highest BCUT2D eigenvalue weighted by atomic mass is 32.2. The number of benzene rings is 1. The first kappa shape index (κ1) is 17.3. The third-order valence-electron chi connectivity index (χ3n) is 3.02. The Hall–Kier alpha value is -1.71. The molecule has 21 heavy (non-hydrogen) atoms. The lowest BCUT2D eigenvalue weighted by molar-refractivity contribution is -0.386. The Bertz CT molecular complexity index is 615. The van der Waals surface area contributed by atoms with Gasteiger partial charge in [-0.05, 0) is 18.1 Å². The smallest absolute Gasteiger partial charge is 0.312 e. The van der Waals surface area contributed by atoms with Crippen molar-refractivity contribution in [3.63, 3.8) is 0 Å². The molecule has 0 saturated heterocycles. The Balaban J connectivity index is 3.20. The summed E-state index contributed by atoms with van der Waals surface area (Å²) in [5.41, 5.74) is 5.12. The first-order valence-electron chi connectivity index (χ1n) is 6.27. The Labute approximate surface area is 123 Å². The summed E-state index contributed by atoms with van der Waals surface area (Å²) in [6.07, 6.45) is 0. The van der Waals surface area contributed by atoms with Crippen LogP contribution in [0.2, 0.25) is 0 Å². The zero-order valence-electron chi connectivity index (χ0n) is 12.1. The third-order valence-corrected chi connectivity index (χ3v) is 4.51. The van der Waals surface area contributed by atoms with Gasteiger partial charge in [-0.1, -0.05) is 13.8 Å². The minimum Gasteiger partial charge on any atom is -0.490 e. The van der Waals surface area contributed by atoms with Crippen LogP contribution in [0.25, 0.3) is 0 Å². The minimum absolute atomic E-state index is 0.00168. The summed E-state index contributed by atoms with van der Waals surface area (Å²) in [7, 11) is -2.61. The molecule has 3 N–H and O–H groups in total. The summed E-state index contributed by atoms with van der Waals surface area (Å²) in [6, 6.07) is 3.02. The first-order valence-corrected chi connectivity index (χ1v) is 7.76. The van der Waals surface area contributed by atoms with Crippen LogP contribution in [0.4, 0.5) is 5.69 Å². The predicted molar refractivity (Wildman–Crippen MR) is 77.7 cm³/mol. The topological polar surface area (TPSA) is 125 Å². The van der Waals surface area contributed by atoms with Crippen molar-refractivity contribution in [1.29, 1.82) is 0 Å². The molecule has 0 aromatic heterocycles. The van der Waals surface area contributed by atoms with Crippen LogP contribution in [0.15, 0.2) is 23.1 Å². The number of sulfonamides is 1. The molecule has 1 rings (SSSR count). The maximum absolute atomic E-state index is 12.3. The van der Waals surface area contributed by atoms with Gasteiger partial charge in [0.15, 0.2) is 5.75 Å². The van der Waals surface area contributed by atoms with Crippen LogP contribution >= 0.6 is 0 Å². The second kappa shape index (κ2) is 6.83. The molecule has 118 valence electrons. The molecular formula is C12H19N3O5S. The van der Waals surface area contributed by atoms with Crippen LogP contribution in [0, 0.1) is 16.0 Å². The Kier molecular flexibility index (Phi) is 5.64. The lowest BCUT2D eigenvalue weighted by atomic mass is 10.1. The zero-order chi connectivity index (χ0) is 16.2. The van der Waals surface area contributed by atoms with Crippen molar-refractivity contribution < 1.29 is 18.1 Å². The van der Waals surface area contributed by atoms with Gasteiger partial charge in [0.05, 0.1) is 16.9 Å². The summed E-state index contributed by atoms with van der Waals surface area (Å²) in [5.74, 6) is -0.00352. The van der Waals surface area contributed by atoms with Gasteiger partial charge in [0, 0.05) is 18.7 Å². The maximum atomic E-state index is 12.3. The quantitative estimate of drug-likeness (QED) is 0.568. The van der Waals surface area contributed by atoms with E-state index in [1.807, 2.05) is 13.8 Å². The summed E-state index contributed by atoms with van der Waals surface area (Å²) in [4.78, 5) is 10.0. The Morgan fingerprint density at radius 3 is 2.48 bits per heavy atom. The maximum Gasteiger partial charge on any atom is 0.312 e. The average molecular weight is 317 g/mol. The second-order valence-electron chi connectivity index (χ2n) is 4.80. The molecule has 0 aliphatic heterocycles. The fraction of sp³-hybridized carbons (Fsp3) is 0.500. The van der Waals surface area contributed by atoms with Crippen LogP contribution in [-0.4, -0.2) is 33.0 Å². The van der Waals surface area contributed by atoms with E-state index in [4.69, 9.17) is 10.5 Å². The van der Waals surface area contributed by atoms with Crippen LogP contribution < -0.4 is 15.2 Å². The van der Waals surface area contributed by atoms with Crippen molar-refractivity contribution in [2.24, 2.45) is 11.7 Å². The van der Waals surface area contributed by atoms with Gasteiger partial charge in [0.1, 0.15) is 0 Å². The lowest BCUT2D eigenvalue weighted by Crippen LogP contribution is -2.43. The third kappa shape index (κ3) is 4.13. The summed E-state index contributed by atoms with van der Waals surface area (Å²) in [5, 5.41) is 10.9. The van der Waals surface area contributed by atoms with Crippen LogP contribution in [0.1, 0.15) is 13.8 Å². The highest BCUT2D eigenvalue weighted by Crippen LogP contribution is 2.29. The molecule has 1 unspecified atom stereocenters. The van der Waals surface area contributed by atoms with E-state index >= 15 is 0 Å².